The molecule has 70 valence electrons. The molecule has 2 rings (SSSR count). The molecule has 0 aliphatic heterocycles. The lowest BCUT2D eigenvalue weighted by molar-refractivity contribution is 1.14. The minimum atomic E-state index is 0.966. The molecular formula is C13H13N. The Morgan fingerprint density at radius 1 is 1.00 bits per heavy atom. The lowest BCUT2D eigenvalue weighted by atomic mass is 10.1. The lowest BCUT2D eigenvalue weighted by Gasteiger charge is -2.01. The molecule has 1 heterocycles. The molecule has 0 N–H and O–H groups in total. The zero-order valence-electron chi connectivity index (χ0n) is 8.27. The summed E-state index contributed by atoms with van der Waals surface area (Å²) in [5.74, 6) is 0. The van der Waals surface area contributed by atoms with Crippen LogP contribution in [0.5, 0.6) is 0 Å². The third kappa shape index (κ3) is 2.19. The summed E-state index contributed by atoms with van der Waals surface area (Å²) in [5, 5.41) is 0. The quantitative estimate of drug-likeness (QED) is 0.697. The Labute approximate surface area is 84.4 Å². The second-order valence-corrected chi connectivity index (χ2v) is 3.52. The van der Waals surface area contributed by atoms with E-state index in [2.05, 4.69) is 42.2 Å². The maximum Gasteiger partial charge on any atom is 0.0303 e. The van der Waals surface area contributed by atoms with Crippen LogP contribution in [0.25, 0.3) is 0 Å². The van der Waals surface area contributed by atoms with Crippen molar-refractivity contribution in [1.82, 2.24) is 4.98 Å². The van der Waals surface area contributed by atoms with E-state index in [0.717, 1.165) is 6.42 Å². The van der Waals surface area contributed by atoms with Crippen LogP contribution in [-0.2, 0) is 6.42 Å². The van der Waals surface area contributed by atoms with Crippen LogP contribution in [0, 0.1) is 6.92 Å². The molecular weight excluding hydrogens is 170 g/mol. The second kappa shape index (κ2) is 4.05. The average molecular weight is 183 g/mol. The summed E-state index contributed by atoms with van der Waals surface area (Å²) in [4.78, 5) is 4.10. The maximum atomic E-state index is 4.10. The molecule has 0 unspecified atom stereocenters. The van der Waals surface area contributed by atoms with Gasteiger partial charge in [-0.2, -0.15) is 0 Å². The molecule has 0 aliphatic rings. The fraction of sp³-hybridized carbons (Fsp3) is 0.154. The Balaban J connectivity index is 2.16. The minimum Gasteiger partial charge on any atom is -0.264 e. The van der Waals surface area contributed by atoms with Crippen molar-refractivity contribution in [3.05, 3.63) is 65.5 Å². The first-order valence-corrected chi connectivity index (χ1v) is 4.79. The van der Waals surface area contributed by atoms with Gasteiger partial charge in [-0.3, -0.25) is 4.98 Å². The highest BCUT2D eigenvalue weighted by atomic mass is 14.6. The molecule has 1 aromatic carbocycles. The van der Waals surface area contributed by atoms with Crippen LogP contribution in [0.2, 0.25) is 0 Å². The van der Waals surface area contributed by atoms with Crippen LogP contribution in [0.15, 0.2) is 48.8 Å². The minimum absolute atomic E-state index is 0.966. The summed E-state index contributed by atoms with van der Waals surface area (Å²) in [6.07, 6.45) is 4.69. The third-order valence-electron chi connectivity index (χ3n) is 2.25. The van der Waals surface area contributed by atoms with Gasteiger partial charge in [0, 0.05) is 12.4 Å². The standard InChI is InChI=1S/C13H13N/c1-11-4-6-12(7-5-11)9-13-3-2-8-14-10-13/h2-8,10H,9H2,1H3. The molecule has 2 aromatic rings. The molecule has 0 saturated heterocycles. The Hall–Kier alpha value is -1.63. The van der Waals surface area contributed by atoms with E-state index >= 15 is 0 Å². The molecule has 0 atom stereocenters. The van der Waals surface area contributed by atoms with Gasteiger partial charge in [0.25, 0.3) is 0 Å². The smallest absolute Gasteiger partial charge is 0.0303 e. The summed E-state index contributed by atoms with van der Waals surface area (Å²) >= 11 is 0. The number of nitrogens with zero attached hydrogens (tertiary/aromatic N) is 1. The van der Waals surface area contributed by atoms with E-state index in [1.54, 1.807) is 6.20 Å². The molecule has 14 heavy (non-hydrogen) atoms. The predicted molar refractivity (Wildman–Crippen MR) is 58.2 cm³/mol. The number of hydrogen-bond donors (Lipinski definition) is 0. The van der Waals surface area contributed by atoms with Gasteiger partial charge in [-0.1, -0.05) is 35.9 Å². The van der Waals surface area contributed by atoms with Crippen molar-refractivity contribution >= 4 is 0 Å². The van der Waals surface area contributed by atoms with Crippen LogP contribution >= 0.6 is 0 Å². The number of benzene rings is 1. The topological polar surface area (TPSA) is 12.9 Å². The van der Waals surface area contributed by atoms with Gasteiger partial charge in [0.2, 0.25) is 0 Å². The van der Waals surface area contributed by atoms with E-state index < -0.39 is 0 Å². The molecule has 0 amide bonds. The van der Waals surface area contributed by atoms with Crippen LogP contribution < -0.4 is 0 Å². The molecule has 0 saturated carbocycles. The first kappa shape index (κ1) is 8.95. The van der Waals surface area contributed by atoms with Gasteiger partial charge in [-0.15, -0.1) is 0 Å². The van der Waals surface area contributed by atoms with E-state index in [4.69, 9.17) is 0 Å². The van der Waals surface area contributed by atoms with Gasteiger partial charge in [0.1, 0.15) is 0 Å². The SMILES string of the molecule is Cc1ccc(Cc2cccnc2)cc1. The fourth-order valence-electron chi connectivity index (χ4n) is 1.44. The summed E-state index contributed by atoms with van der Waals surface area (Å²) in [6.45, 7) is 2.11. The second-order valence-electron chi connectivity index (χ2n) is 3.52. The largest absolute Gasteiger partial charge is 0.264 e. The van der Waals surface area contributed by atoms with Crippen molar-refractivity contribution in [2.45, 2.75) is 13.3 Å². The van der Waals surface area contributed by atoms with E-state index in [0.29, 0.717) is 0 Å². The van der Waals surface area contributed by atoms with Crippen molar-refractivity contribution in [3.63, 3.8) is 0 Å². The molecule has 1 nitrogen and oxygen atoms in total. The molecule has 0 radical (unpaired) electrons. The first-order chi connectivity index (χ1) is 6.84. The molecule has 0 fully saturated rings. The van der Waals surface area contributed by atoms with Gasteiger partial charge in [0.05, 0.1) is 0 Å². The van der Waals surface area contributed by atoms with E-state index in [1.807, 2.05) is 12.3 Å². The number of pyridine rings is 1. The zero-order chi connectivity index (χ0) is 9.80. The monoisotopic (exact) mass is 183 g/mol. The van der Waals surface area contributed by atoms with Gasteiger partial charge in [-0.05, 0) is 30.5 Å². The van der Waals surface area contributed by atoms with E-state index in [1.165, 1.54) is 16.7 Å². The normalized spacial score (nSPS) is 10.1. The Morgan fingerprint density at radius 2 is 1.79 bits per heavy atom. The van der Waals surface area contributed by atoms with Crippen molar-refractivity contribution < 1.29 is 0 Å². The molecule has 0 aliphatic carbocycles. The summed E-state index contributed by atoms with van der Waals surface area (Å²) in [7, 11) is 0. The molecule has 1 aromatic heterocycles. The fourth-order valence-corrected chi connectivity index (χ4v) is 1.44. The lowest BCUT2D eigenvalue weighted by Crippen LogP contribution is -1.88. The Kier molecular flexibility index (Phi) is 2.59. The Morgan fingerprint density at radius 3 is 2.43 bits per heavy atom. The van der Waals surface area contributed by atoms with Crippen LogP contribution in [0.3, 0.4) is 0 Å². The highest BCUT2D eigenvalue weighted by molar-refractivity contribution is 5.26. The van der Waals surface area contributed by atoms with Gasteiger partial charge < -0.3 is 0 Å². The number of rotatable bonds is 2. The average Bonchev–Trinajstić information content (AvgIpc) is 2.23. The van der Waals surface area contributed by atoms with E-state index in [9.17, 15) is 0 Å². The van der Waals surface area contributed by atoms with Crippen molar-refractivity contribution in [2.24, 2.45) is 0 Å². The van der Waals surface area contributed by atoms with Crippen LogP contribution in [0.1, 0.15) is 16.7 Å². The van der Waals surface area contributed by atoms with E-state index in [-0.39, 0.29) is 0 Å². The first-order valence-electron chi connectivity index (χ1n) is 4.79. The number of aromatic nitrogens is 1. The van der Waals surface area contributed by atoms with Crippen molar-refractivity contribution in [1.29, 1.82) is 0 Å². The summed E-state index contributed by atoms with van der Waals surface area (Å²) < 4.78 is 0. The van der Waals surface area contributed by atoms with Gasteiger partial charge in [-0.25, -0.2) is 0 Å². The van der Waals surface area contributed by atoms with Crippen molar-refractivity contribution in [3.8, 4) is 0 Å². The number of hydrogen-bond acceptors (Lipinski definition) is 1. The highest BCUT2D eigenvalue weighted by Crippen LogP contribution is 2.08. The maximum absolute atomic E-state index is 4.10. The van der Waals surface area contributed by atoms with Crippen LogP contribution in [0.4, 0.5) is 0 Å². The molecule has 1 heteroatoms. The summed E-state index contributed by atoms with van der Waals surface area (Å²) in [6, 6.07) is 12.7. The summed E-state index contributed by atoms with van der Waals surface area (Å²) in [5.41, 5.74) is 3.90. The molecule has 0 bridgehead atoms. The number of aryl methyl sites for hydroxylation is 1. The highest BCUT2D eigenvalue weighted by Gasteiger charge is 1.94. The van der Waals surface area contributed by atoms with Gasteiger partial charge in [0.15, 0.2) is 0 Å². The van der Waals surface area contributed by atoms with Crippen LogP contribution in [-0.4, -0.2) is 4.98 Å². The Bertz CT molecular complexity index is 389. The zero-order valence-corrected chi connectivity index (χ0v) is 8.27. The third-order valence-corrected chi connectivity index (χ3v) is 2.25. The predicted octanol–water partition coefficient (Wildman–Crippen LogP) is 2.98. The van der Waals surface area contributed by atoms with Gasteiger partial charge >= 0.3 is 0 Å². The molecule has 0 spiro atoms. The van der Waals surface area contributed by atoms with Crippen molar-refractivity contribution in [2.75, 3.05) is 0 Å².